The van der Waals surface area contributed by atoms with Gasteiger partial charge in [0, 0.05) is 22.0 Å². The molecular formula is C19H14N2. The van der Waals surface area contributed by atoms with Crippen molar-refractivity contribution in [2.45, 2.75) is 6.92 Å². The lowest BCUT2D eigenvalue weighted by molar-refractivity contribution is 1.16. The van der Waals surface area contributed by atoms with E-state index >= 15 is 0 Å². The van der Waals surface area contributed by atoms with E-state index in [2.05, 4.69) is 41.4 Å². The average molecular weight is 270 g/mol. The molecule has 0 fully saturated rings. The fraction of sp³-hybridized carbons (Fsp3) is 0.0526. The molecular weight excluding hydrogens is 256 g/mol. The zero-order valence-corrected chi connectivity index (χ0v) is 11.7. The first-order chi connectivity index (χ1) is 10.3. The summed E-state index contributed by atoms with van der Waals surface area (Å²) in [6, 6.07) is 22.7. The molecule has 21 heavy (non-hydrogen) atoms. The van der Waals surface area contributed by atoms with Crippen LogP contribution in [0.4, 0.5) is 0 Å². The highest BCUT2D eigenvalue weighted by molar-refractivity contribution is 6.06. The second-order valence-electron chi connectivity index (χ2n) is 5.18. The smallest absolute Gasteiger partial charge is 0.160 e. The Hall–Kier alpha value is -2.74. The largest absolute Gasteiger partial charge is 0.233 e. The van der Waals surface area contributed by atoms with E-state index in [9.17, 15) is 0 Å². The molecule has 0 spiro atoms. The van der Waals surface area contributed by atoms with E-state index in [4.69, 9.17) is 4.98 Å². The highest BCUT2D eigenvalue weighted by Gasteiger charge is 2.09. The molecule has 4 rings (SSSR count). The standard InChI is InChI=1S/C19H14N2/c1-13-16-12-11-14-7-5-6-10-17(14)18(16)21-19(20-13)15-8-3-2-4-9-15/h2-12H,1H3. The summed E-state index contributed by atoms with van der Waals surface area (Å²) in [5, 5.41) is 3.51. The molecule has 4 aromatic rings. The molecule has 2 heteroatoms. The SMILES string of the molecule is Cc1nc(-c2ccccc2)nc2c1ccc1ccccc12. The Bertz CT molecular complexity index is 943. The van der Waals surface area contributed by atoms with Gasteiger partial charge in [-0.05, 0) is 12.3 Å². The van der Waals surface area contributed by atoms with Crippen molar-refractivity contribution in [2.24, 2.45) is 0 Å². The third-order valence-corrected chi connectivity index (χ3v) is 3.81. The minimum atomic E-state index is 0.789. The molecule has 100 valence electrons. The van der Waals surface area contributed by atoms with Crippen LogP contribution in [0, 0.1) is 6.92 Å². The van der Waals surface area contributed by atoms with Gasteiger partial charge in [0.05, 0.1) is 5.52 Å². The molecule has 0 radical (unpaired) electrons. The van der Waals surface area contributed by atoms with E-state index in [1.807, 2.05) is 37.3 Å². The van der Waals surface area contributed by atoms with E-state index < -0.39 is 0 Å². The molecule has 0 bridgehead atoms. The molecule has 0 aliphatic rings. The van der Waals surface area contributed by atoms with Crippen LogP contribution in [0.2, 0.25) is 0 Å². The van der Waals surface area contributed by atoms with Gasteiger partial charge in [0.25, 0.3) is 0 Å². The van der Waals surface area contributed by atoms with Crippen molar-refractivity contribution < 1.29 is 0 Å². The highest BCUT2D eigenvalue weighted by atomic mass is 14.9. The molecule has 0 saturated heterocycles. The first-order valence-corrected chi connectivity index (χ1v) is 7.04. The summed E-state index contributed by atoms with van der Waals surface area (Å²) >= 11 is 0. The van der Waals surface area contributed by atoms with Crippen LogP contribution >= 0.6 is 0 Å². The van der Waals surface area contributed by atoms with Gasteiger partial charge in [0.2, 0.25) is 0 Å². The molecule has 0 atom stereocenters. The number of rotatable bonds is 1. The minimum Gasteiger partial charge on any atom is -0.233 e. The number of benzene rings is 3. The Morgan fingerprint density at radius 1 is 0.667 bits per heavy atom. The van der Waals surface area contributed by atoms with Crippen LogP contribution in [0.15, 0.2) is 66.7 Å². The van der Waals surface area contributed by atoms with Crippen molar-refractivity contribution >= 4 is 21.7 Å². The third kappa shape index (κ3) is 1.96. The Morgan fingerprint density at radius 3 is 2.29 bits per heavy atom. The second-order valence-corrected chi connectivity index (χ2v) is 5.18. The zero-order chi connectivity index (χ0) is 14.2. The molecule has 0 aliphatic heterocycles. The summed E-state index contributed by atoms with van der Waals surface area (Å²) in [6.07, 6.45) is 0. The van der Waals surface area contributed by atoms with E-state index in [0.29, 0.717) is 0 Å². The van der Waals surface area contributed by atoms with E-state index in [-0.39, 0.29) is 0 Å². The molecule has 0 amide bonds. The average Bonchev–Trinajstić information content (AvgIpc) is 2.55. The molecule has 0 N–H and O–H groups in total. The van der Waals surface area contributed by atoms with E-state index in [0.717, 1.165) is 28.0 Å². The summed E-state index contributed by atoms with van der Waals surface area (Å²) in [4.78, 5) is 9.49. The van der Waals surface area contributed by atoms with Gasteiger partial charge in [-0.25, -0.2) is 9.97 Å². The van der Waals surface area contributed by atoms with Crippen LogP contribution in [-0.2, 0) is 0 Å². The third-order valence-electron chi connectivity index (χ3n) is 3.81. The fourth-order valence-corrected chi connectivity index (χ4v) is 2.73. The van der Waals surface area contributed by atoms with Crippen molar-refractivity contribution in [3.63, 3.8) is 0 Å². The van der Waals surface area contributed by atoms with Crippen LogP contribution in [0.25, 0.3) is 33.1 Å². The first kappa shape index (κ1) is 12.0. The number of aromatic nitrogens is 2. The molecule has 1 heterocycles. The van der Waals surface area contributed by atoms with Crippen LogP contribution < -0.4 is 0 Å². The quantitative estimate of drug-likeness (QED) is 0.466. The van der Waals surface area contributed by atoms with E-state index in [1.165, 1.54) is 10.8 Å². The Kier molecular flexibility index (Phi) is 2.68. The van der Waals surface area contributed by atoms with Gasteiger partial charge in [-0.2, -0.15) is 0 Å². The van der Waals surface area contributed by atoms with E-state index in [1.54, 1.807) is 0 Å². The Morgan fingerprint density at radius 2 is 1.43 bits per heavy atom. The Balaban J connectivity index is 2.10. The lowest BCUT2D eigenvalue weighted by atomic mass is 10.1. The number of hydrogen-bond donors (Lipinski definition) is 0. The van der Waals surface area contributed by atoms with Crippen LogP contribution in [-0.4, -0.2) is 9.97 Å². The zero-order valence-electron chi connectivity index (χ0n) is 11.7. The number of hydrogen-bond acceptors (Lipinski definition) is 2. The van der Waals surface area contributed by atoms with Gasteiger partial charge >= 0.3 is 0 Å². The first-order valence-electron chi connectivity index (χ1n) is 7.04. The topological polar surface area (TPSA) is 25.8 Å². The predicted octanol–water partition coefficient (Wildman–Crippen LogP) is 4.76. The minimum absolute atomic E-state index is 0.789. The van der Waals surface area contributed by atoms with Gasteiger partial charge in [-0.15, -0.1) is 0 Å². The molecule has 0 unspecified atom stereocenters. The summed E-state index contributed by atoms with van der Waals surface area (Å²) < 4.78 is 0. The number of nitrogens with zero attached hydrogens (tertiary/aromatic N) is 2. The van der Waals surface area contributed by atoms with Crippen LogP contribution in [0.3, 0.4) is 0 Å². The maximum atomic E-state index is 4.82. The van der Waals surface area contributed by atoms with Gasteiger partial charge in [0.1, 0.15) is 0 Å². The Labute approximate surface area is 123 Å². The number of fused-ring (bicyclic) bond motifs is 3. The van der Waals surface area contributed by atoms with Crippen molar-refractivity contribution in [3.05, 3.63) is 72.4 Å². The lowest BCUT2D eigenvalue weighted by Gasteiger charge is -2.08. The van der Waals surface area contributed by atoms with Crippen LogP contribution in [0.5, 0.6) is 0 Å². The number of aryl methyl sites for hydroxylation is 1. The lowest BCUT2D eigenvalue weighted by Crippen LogP contribution is -1.94. The van der Waals surface area contributed by atoms with Crippen LogP contribution in [0.1, 0.15) is 5.69 Å². The van der Waals surface area contributed by atoms with Gasteiger partial charge in [-0.1, -0.05) is 66.7 Å². The maximum Gasteiger partial charge on any atom is 0.160 e. The molecule has 3 aromatic carbocycles. The van der Waals surface area contributed by atoms with Crippen molar-refractivity contribution in [1.29, 1.82) is 0 Å². The summed E-state index contributed by atoms with van der Waals surface area (Å²) in [6.45, 7) is 2.05. The van der Waals surface area contributed by atoms with Gasteiger partial charge < -0.3 is 0 Å². The summed E-state index contributed by atoms with van der Waals surface area (Å²) in [5.41, 5.74) is 3.10. The highest BCUT2D eigenvalue weighted by Crippen LogP contribution is 2.27. The fourth-order valence-electron chi connectivity index (χ4n) is 2.73. The monoisotopic (exact) mass is 270 g/mol. The van der Waals surface area contributed by atoms with Crippen molar-refractivity contribution in [2.75, 3.05) is 0 Å². The van der Waals surface area contributed by atoms with Gasteiger partial charge in [0.15, 0.2) is 5.82 Å². The molecule has 0 aliphatic carbocycles. The van der Waals surface area contributed by atoms with Gasteiger partial charge in [-0.3, -0.25) is 0 Å². The molecule has 1 aromatic heterocycles. The second kappa shape index (κ2) is 4.67. The summed E-state index contributed by atoms with van der Waals surface area (Å²) in [5.74, 6) is 0.789. The predicted molar refractivity (Wildman–Crippen MR) is 87.2 cm³/mol. The van der Waals surface area contributed by atoms with Crippen molar-refractivity contribution in [3.8, 4) is 11.4 Å². The maximum absolute atomic E-state index is 4.82. The normalized spacial score (nSPS) is 11.1. The summed E-state index contributed by atoms with van der Waals surface area (Å²) in [7, 11) is 0. The molecule has 0 saturated carbocycles. The molecule has 2 nitrogen and oxygen atoms in total. The van der Waals surface area contributed by atoms with Crippen molar-refractivity contribution in [1.82, 2.24) is 9.97 Å².